The average Bonchev–Trinajstić information content (AvgIpc) is 3.08. The number of likely N-dealkylation sites (tertiary alicyclic amines) is 1. The van der Waals surface area contributed by atoms with Gasteiger partial charge in [0.05, 0.1) is 18.7 Å². The van der Waals surface area contributed by atoms with E-state index in [4.69, 9.17) is 9.47 Å². The van der Waals surface area contributed by atoms with Gasteiger partial charge < -0.3 is 19.5 Å². The Morgan fingerprint density at radius 1 is 0.969 bits per heavy atom. The fourth-order valence-electron chi connectivity index (χ4n) is 4.21. The topological polar surface area (TPSA) is 76.1 Å². The van der Waals surface area contributed by atoms with Crippen molar-refractivity contribution in [2.24, 2.45) is 0 Å². The summed E-state index contributed by atoms with van der Waals surface area (Å²) in [4.78, 5) is 27.7. The van der Waals surface area contributed by atoms with E-state index >= 15 is 0 Å². The second-order valence-electron chi connectivity index (χ2n) is 7.64. The Hall–Kier alpha value is -3.64. The molecule has 6 nitrogen and oxygen atoms in total. The van der Waals surface area contributed by atoms with E-state index in [0.717, 1.165) is 16.3 Å². The van der Waals surface area contributed by atoms with E-state index in [1.165, 1.54) is 4.90 Å². The lowest BCUT2D eigenvalue weighted by molar-refractivity contribution is -0.140. The van der Waals surface area contributed by atoms with Crippen LogP contribution in [0.4, 0.5) is 0 Å². The number of amides is 1. The van der Waals surface area contributed by atoms with E-state index in [2.05, 4.69) is 0 Å². The summed E-state index contributed by atoms with van der Waals surface area (Å²) in [6.07, 6.45) is 0.577. The summed E-state index contributed by atoms with van der Waals surface area (Å²) < 4.78 is 10.3. The minimum atomic E-state index is -0.694. The van der Waals surface area contributed by atoms with E-state index in [-0.39, 0.29) is 11.3 Å². The quantitative estimate of drug-likeness (QED) is 0.261. The molecule has 0 bridgehead atoms. The van der Waals surface area contributed by atoms with E-state index in [0.29, 0.717) is 30.9 Å². The van der Waals surface area contributed by atoms with Gasteiger partial charge >= 0.3 is 0 Å². The highest BCUT2D eigenvalue weighted by Gasteiger charge is 2.46. The van der Waals surface area contributed by atoms with Gasteiger partial charge in [-0.2, -0.15) is 0 Å². The minimum Gasteiger partial charge on any atom is -0.507 e. The number of benzene rings is 3. The molecule has 1 amide bonds. The van der Waals surface area contributed by atoms with Crippen molar-refractivity contribution in [3.05, 3.63) is 83.4 Å². The summed E-state index contributed by atoms with van der Waals surface area (Å²) in [6, 6.07) is 19.7. The van der Waals surface area contributed by atoms with Crippen molar-refractivity contribution in [1.82, 2.24) is 4.90 Å². The summed E-state index contributed by atoms with van der Waals surface area (Å²) in [6.45, 7) is 0.801. The number of nitrogens with zero attached hydrogens (tertiary/aromatic N) is 1. The van der Waals surface area contributed by atoms with Gasteiger partial charge in [-0.25, -0.2) is 0 Å². The van der Waals surface area contributed by atoms with Gasteiger partial charge in [0.2, 0.25) is 0 Å². The number of aliphatic hydroxyl groups is 1. The maximum Gasteiger partial charge on any atom is 0.295 e. The number of methoxy groups -OCH3 is 2. The second-order valence-corrected chi connectivity index (χ2v) is 7.64. The molecule has 1 aliphatic rings. The summed E-state index contributed by atoms with van der Waals surface area (Å²) in [5, 5.41) is 13.1. The molecule has 1 N–H and O–H groups in total. The Bertz CT molecular complexity index is 1180. The molecule has 3 aromatic rings. The highest BCUT2D eigenvalue weighted by atomic mass is 16.5. The van der Waals surface area contributed by atoms with Crippen LogP contribution in [0.15, 0.2) is 72.3 Å². The molecule has 1 saturated heterocycles. The molecule has 32 heavy (non-hydrogen) atoms. The van der Waals surface area contributed by atoms with Crippen LogP contribution >= 0.6 is 0 Å². The van der Waals surface area contributed by atoms with Crippen LogP contribution in [-0.2, 0) is 14.3 Å². The van der Waals surface area contributed by atoms with Gasteiger partial charge in [-0.3, -0.25) is 9.59 Å². The van der Waals surface area contributed by atoms with Gasteiger partial charge in [-0.15, -0.1) is 0 Å². The van der Waals surface area contributed by atoms with E-state index in [1.54, 1.807) is 38.5 Å². The molecular weight excluding hydrogens is 406 g/mol. The van der Waals surface area contributed by atoms with Crippen LogP contribution < -0.4 is 4.74 Å². The van der Waals surface area contributed by atoms with Crippen molar-refractivity contribution in [2.75, 3.05) is 27.4 Å². The molecule has 1 heterocycles. The lowest BCUT2D eigenvalue weighted by Crippen LogP contribution is -2.31. The fourth-order valence-corrected chi connectivity index (χ4v) is 4.21. The Morgan fingerprint density at radius 2 is 1.69 bits per heavy atom. The van der Waals surface area contributed by atoms with Gasteiger partial charge in [0.15, 0.2) is 0 Å². The number of ketones is 1. The lowest BCUT2D eigenvalue weighted by atomic mass is 9.91. The Kier molecular flexibility index (Phi) is 6.23. The molecule has 0 saturated carbocycles. The third kappa shape index (κ3) is 3.85. The van der Waals surface area contributed by atoms with Crippen LogP contribution in [0.5, 0.6) is 5.75 Å². The third-order valence-electron chi connectivity index (χ3n) is 5.77. The molecule has 1 fully saturated rings. The smallest absolute Gasteiger partial charge is 0.295 e. The molecule has 0 aliphatic carbocycles. The fraction of sp³-hybridized carbons (Fsp3) is 0.231. The second kappa shape index (κ2) is 9.24. The van der Waals surface area contributed by atoms with Crippen molar-refractivity contribution < 1.29 is 24.2 Å². The van der Waals surface area contributed by atoms with Crippen LogP contribution in [0, 0.1) is 0 Å². The first-order valence-electron chi connectivity index (χ1n) is 10.5. The van der Waals surface area contributed by atoms with Crippen molar-refractivity contribution in [1.29, 1.82) is 0 Å². The molecule has 0 aromatic heterocycles. The maximum absolute atomic E-state index is 13.1. The Labute approximate surface area is 186 Å². The number of ether oxygens (including phenoxy) is 2. The van der Waals surface area contributed by atoms with Gasteiger partial charge in [-0.1, -0.05) is 42.5 Å². The molecule has 6 heteroatoms. The first kappa shape index (κ1) is 21.6. The number of carbonyl (C=O) groups is 2. The molecule has 1 atom stereocenters. The number of aliphatic hydroxyl groups excluding tert-OH is 1. The number of hydrogen-bond acceptors (Lipinski definition) is 5. The van der Waals surface area contributed by atoms with Crippen LogP contribution in [0.25, 0.3) is 16.5 Å². The van der Waals surface area contributed by atoms with Crippen molar-refractivity contribution in [3.63, 3.8) is 0 Å². The summed E-state index contributed by atoms with van der Waals surface area (Å²) >= 11 is 0. The van der Waals surface area contributed by atoms with E-state index in [1.807, 2.05) is 42.5 Å². The van der Waals surface area contributed by atoms with Crippen LogP contribution in [-0.4, -0.2) is 49.1 Å². The van der Waals surface area contributed by atoms with Gasteiger partial charge in [0.1, 0.15) is 11.5 Å². The van der Waals surface area contributed by atoms with E-state index in [9.17, 15) is 14.7 Å². The van der Waals surface area contributed by atoms with Crippen LogP contribution in [0.1, 0.15) is 23.6 Å². The highest BCUT2D eigenvalue weighted by Crippen LogP contribution is 2.42. The Balaban J connectivity index is 1.89. The highest BCUT2D eigenvalue weighted by molar-refractivity contribution is 6.46. The zero-order chi connectivity index (χ0) is 22.7. The Morgan fingerprint density at radius 3 is 2.41 bits per heavy atom. The largest absolute Gasteiger partial charge is 0.507 e. The molecule has 3 aromatic carbocycles. The van der Waals surface area contributed by atoms with Crippen molar-refractivity contribution in [3.8, 4) is 5.75 Å². The SMILES string of the molecule is COCCCN1C(=O)C(=O)C(=C(O)c2ccc(OC)cc2)C1c1cccc2ccccc12. The number of rotatable bonds is 7. The molecule has 4 rings (SSSR count). The molecule has 1 aliphatic heterocycles. The molecular formula is C26H25NO5. The molecule has 0 spiro atoms. The van der Waals surface area contributed by atoms with E-state index < -0.39 is 17.7 Å². The summed E-state index contributed by atoms with van der Waals surface area (Å²) in [5.41, 5.74) is 1.34. The summed E-state index contributed by atoms with van der Waals surface area (Å²) in [7, 11) is 3.15. The lowest BCUT2D eigenvalue weighted by Gasteiger charge is -2.26. The number of carbonyl (C=O) groups excluding carboxylic acids is 2. The zero-order valence-electron chi connectivity index (χ0n) is 18.1. The number of fused-ring (bicyclic) bond motifs is 1. The predicted molar refractivity (Wildman–Crippen MR) is 122 cm³/mol. The molecule has 0 radical (unpaired) electrons. The van der Waals surface area contributed by atoms with Crippen molar-refractivity contribution in [2.45, 2.75) is 12.5 Å². The normalized spacial score (nSPS) is 17.8. The maximum atomic E-state index is 13.1. The van der Waals surface area contributed by atoms with Crippen molar-refractivity contribution >= 4 is 28.2 Å². The van der Waals surface area contributed by atoms with Crippen LogP contribution in [0.2, 0.25) is 0 Å². The first-order chi connectivity index (χ1) is 15.6. The van der Waals surface area contributed by atoms with Gasteiger partial charge in [0, 0.05) is 25.8 Å². The minimum absolute atomic E-state index is 0.0916. The average molecular weight is 431 g/mol. The molecule has 164 valence electrons. The third-order valence-corrected chi connectivity index (χ3v) is 5.77. The zero-order valence-corrected chi connectivity index (χ0v) is 18.1. The predicted octanol–water partition coefficient (Wildman–Crippen LogP) is 4.31. The van der Waals surface area contributed by atoms with Gasteiger partial charge in [-0.05, 0) is 47.0 Å². The number of hydrogen-bond donors (Lipinski definition) is 1. The summed E-state index contributed by atoms with van der Waals surface area (Å²) in [5.74, 6) is -0.867. The van der Waals surface area contributed by atoms with Gasteiger partial charge in [0.25, 0.3) is 11.7 Å². The molecule has 1 unspecified atom stereocenters. The standard InChI is InChI=1S/C26H25NO5/c1-31-16-6-15-27-23(21-10-5-8-17-7-3-4-9-20(17)21)22(25(29)26(27)30)24(28)18-11-13-19(32-2)14-12-18/h3-5,7-14,23,28H,6,15-16H2,1-2H3. The first-order valence-corrected chi connectivity index (χ1v) is 10.5. The van der Waals surface area contributed by atoms with Crippen LogP contribution in [0.3, 0.4) is 0 Å². The number of Topliss-reactive ketones (excluding diaryl/α,β-unsaturated/α-hetero) is 1. The monoisotopic (exact) mass is 431 g/mol.